The summed E-state index contributed by atoms with van der Waals surface area (Å²) in [6.07, 6.45) is 14.1. The molecule has 236 valence electrons. The smallest absolute Gasteiger partial charge is 0.260 e. The standard InChI is InChI=1S/C37H54N2O4/c1-25(2)32-23-37(19-21-42-32,26-8-6-5-7-9-26)18-20-38-34(41)24-43-39-28-14-16-35(3)27(22-28)10-11-29-30-12-13-33(40)36(30,4)17-15-31(29)35/h5-9,22,25,29-33,40H,10-21,23-24H2,1-4H3,(H,38,41)/t29-,30+,31+,32+,33-,35+,36+,37-/m1/s1. The van der Waals surface area contributed by atoms with Crippen molar-refractivity contribution >= 4 is 11.6 Å². The van der Waals surface area contributed by atoms with E-state index in [0.717, 1.165) is 69.6 Å². The lowest BCUT2D eigenvalue weighted by Crippen LogP contribution is -2.51. The molecular formula is C37H54N2O4. The molecule has 1 amide bonds. The van der Waals surface area contributed by atoms with Crippen LogP contribution in [0.1, 0.15) is 104 Å². The minimum absolute atomic E-state index is 0.0112. The van der Waals surface area contributed by atoms with Crippen molar-refractivity contribution in [1.29, 1.82) is 0 Å². The van der Waals surface area contributed by atoms with Gasteiger partial charge < -0.3 is 20.0 Å². The van der Waals surface area contributed by atoms with Crippen molar-refractivity contribution in [2.24, 2.45) is 39.7 Å². The maximum absolute atomic E-state index is 12.8. The molecule has 8 atom stereocenters. The van der Waals surface area contributed by atoms with Crippen molar-refractivity contribution in [3.63, 3.8) is 0 Å². The average molecular weight is 591 g/mol. The molecule has 5 aliphatic rings. The highest BCUT2D eigenvalue weighted by Crippen LogP contribution is 2.65. The minimum atomic E-state index is -0.119. The summed E-state index contributed by atoms with van der Waals surface area (Å²) < 4.78 is 6.11. The third kappa shape index (κ3) is 5.83. The van der Waals surface area contributed by atoms with Gasteiger partial charge in [0.25, 0.3) is 5.91 Å². The van der Waals surface area contributed by atoms with Crippen LogP contribution in [0.4, 0.5) is 0 Å². The summed E-state index contributed by atoms with van der Waals surface area (Å²) in [5.41, 5.74) is 4.20. The van der Waals surface area contributed by atoms with E-state index in [2.05, 4.69) is 74.6 Å². The fourth-order valence-electron chi connectivity index (χ4n) is 10.1. The monoisotopic (exact) mass is 590 g/mol. The lowest BCUT2D eigenvalue weighted by atomic mass is 9.47. The molecule has 3 saturated carbocycles. The molecule has 43 heavy (non-hydrogen) atoms. The van der Waals surface area contributed by atoms with Crippen LogP contribution in [-0.4, -0.2) is 48.7 Å². The Hall–Kier alpha value is -2.18. The molecule has 1 heterocycles. The van der Waals surface area contributed by atoms with E-state index in [4.69, 9.17) is 9.57 Å². The molecule has 1 aromatic rings. The minimum Gasteiger partial charge on any atom is -0.393 e. The van der Waals surface area contributed by atoms with Gasteiger partial charge in [0, 0.05) is 18.6 Å². The maximum atomic E-state index is 12.8. The summed E-state index contributed by atoms with van der Waals surface area (Å²) in [4.78, 5) is 18.4. The third-order valence-corrected chi connectivity index (χ3v) is 12.9. The number of nitrogens with zero attached hydrogens (tertiary/aromatic N) is 1. The van der Waals surface area contributed by atoms with E-state index in [1.165, 1.54) is 30.4 Å². The summed E-state index contributed by atoms with van der Waals surface area (Å²) >= 11 is 0. The lowest BCUT2D eigenvalue weighted by Gasteiger charge is -2.57. The van der Waals surface area contributed by atoms with Gasteiger partial charge in [0.2, 0.25) is 0 Å². The largest absolute Gasteiger partial charge is 0.393 e. The second-order valence-corrected chi connectivity index (χ2v) is 15.3. The van der Waals surface area contributed by atoms with Crippen molar-refractivity contribution < 1.29 is 19.5 Å². The number of aliphatic hydroxyl groups excluding tert-OH is 1. The molecule has 0 radical (unpaired) electrons. The Kier molecular flexibility index (Phi) is 8.83. The molecule has 1 saturated heterocycles. The van der Waals surface area contributed by atoms with Crippen molar-refractivity contribution in [1.82, 2.24) is 5.32 Å². The van der Waals surface area contributed by atoms with Gasteiger partial charge in [-0.25, -0.2) is 0 Å². The molecular weight excluding hydrogens is 536 g/mol. The number of nitrogens with one attached hydrogen (secondary N) is 1. The quantitative estimate of drug-likeness (QED) is 0.321. The summed E-state index contributed by atoms with van der Waals surface area (Å²) in [7, 11) is 0. The van der Waals surface area contributed by atoms with Gasteiger partial charge in [-0.3, -0.25) is 4.79 Å². The Morgan fingerprint density at radius 2 is 1.88 bits per heavy atom. The van der Waals surface area contributed by atoms with Crippen molar-refractivity contribution in [2.75, 3.05) is 19.8 Å². The second kappa shape index (κ2) is 12.3. The van der Waals surface area contributed by atoms with Crippen LogP contribution in [0.25, 0.3) is 0 Å². The summed E-state index contributed by atoms with van der Waals surface area (Å²) in [6.45, 7) is 10.6. The van der Waals surface area contributed by atoms with Gasteiger partial charge in [-0.15, -0.1) is 0 Å². The first-order valence-corrected chi connectivity index (χ1v) is 17.2. The zero-order valence-corrected chi connectivity index (χ0v) is 26.9. The van der Waals surface area contributed by atoms with E-state index in [9.17, 15) is 9.90 Å². The first-order chi connectivity index (χ1) is 20.6. The highest BCUT2D eigenvalue weighted by Gasteiger charge is 2.58. The van der Waals surface area contributed by atoms with Crippen LogP contribution in [0, 0.1) is 34.5 Å². The Bertz CT molecular complexity index is 1210. The van der Waals surface area contributed by atoms with Crippen LogP contribution < -0.4 is 5.32 Å². The van der Waals surface area contributed by atoms with Crippen LogP contribution >= 0.6 is 0 Å². The molecule has 6 rings (SSSR count). The SMILES string of the molecule is CC(C)[C@@H]1C[C@](CCNC(=O)CON=C2C=C3CC[C@@H]4[C@@H]5CC[C@@H](O)[C@@]5(C)CC[C@@H]4[C@@]3(C)CC2)(c2ccccc2)CCO1. The highest BCUT2D eigenvalue weighted by atomic mass is 16.6. The normalized spacial score (nSPS) is 39.9. The number of aliphatic hydroxyl groups is 1. The number of hydrogen-bond donors (Lipinski definition) is 2. The molecule has 0 spiro atoms. The Morgan fingerprint density at radius 1 is 1.07 bits per heavy atom. The topological polar surface area (TPSA) is 80.2 Å². The van der Waals surface area contributed by atoms with E-state index in [-0.39, 0.29) is 41.0 Å². The third-order valence-electron chi connectivity index (χ3n) is 12.9. The van der Waals surface area contributed by atoms with Crippen LogP contribution in [-0.2, 0) is 19.8 Å². The summed E-state index contributed by atoms with van der Waals surface area (Å²) in [5, 5.41) is 18.3. The fourth-order valence-corrected chi connectivity index (χ4v) is 10.1. The molecule has 4 aliphatic carbocycles. The van der Waals surface area contributed by atoms with E-state index in [0.29, 0.717) is 24.3 Å². The van der Waals surface area contributed by atoms with Crippen LogP contribution in [0.15, 0.2) is 47.1 Å². The molecule has 0 aromatic heterocycles. The summed E-state index contributed by atoms with van der Waals surface area (Å²) in [6, 6.07) is 10.7. The van der Waals surface area contributed by atoms with Gasteiger partial charge in [0.15, 0.2) is 6.61 Å². The number of oxime groups is 1. The maximum Gasteiger partial charge on any atom is 0.260 e. The zero-order valence-electron chi connectivity index (χ0n) is 26.9. The van der Waals surface area contributed by atoms with Gasteiger partial charge in [0.1, 0.15) is 0 Å². The number of carbonyl (C=O) groups excluding carboxylic acids is 1. The Balaban J connectivity index is 1.02. The van der Waals surface area contributed by atoms with Crippen molar-refractivity contribution in [3.8, 4) is 0 Å². The Labute approximate surface area is 259 Å². The van der Waals surface area contributed by atoms with E-state index in [1.54, 1.807) is 0 Å². The molecule has 0 unspecified atom stereocenters. The van der Waals surface area contributed by atoms with Gasteiger partial charge in [0.05, 0.1) is 17.9 Å². The number of ether oxygens (including phenoxy) is 1. The lowest BCUT2D eigenvalue weighted by molar-refractivity contribution is -0.125. The van der Waals surface area contributed by atoms with E-state index >= 15 is 0 Å². The number of allylic oxidation sites excluding steroid dienone is 2. The van der Waals surface area contributed by atoms with Crippen LogP contribution in [0.2, 0.25) is 0 Å². The van der Waals surface area contributed by atoms with Gasteiger partial charge in [-0.1, -0.05) is 68.8 Å². The molecule has 2 N–H and O–H groups in total. The fraction of sp³-hybridized carbons (Fsp3) is 0.730. The first-order valence-electron chi connectivity index (χ1n) is 17.2. The predicted molar refractivity (Wildman–Crippen MR) is 171 cm³/mol. The van der Waals surface area contributed by atoms with E-state index in [1.807, 2.05) is 0 Å². The van der Waals surface area contributed by atoms with Crippen molar-refractivity contribution in [3.05, 3.63) is 47.5 Å². The number of rotatable bonds is 8. The van der Waals surface area contributed by atoms with Gasteiger partial charge in [-0.05, 0) is 117 Å². The predicted octanol–water partition coefficient (Wildman–Crippen LogP) is 6.96. The van der Waals surface area contributed by atoms with Crippen LogP contribution in [0.5, 0.6) is 0 Å². The number of benzene rings is 1. The molecule has 6 heteroatoms. The van der Waals surface area contributed by atoms with Gasteiger partial charge >= 0.3 is 0 Å². The second-order valence-electron chi connectivity index (χ2n) is 15.3. The molecule has 4 fully saturated rings. The van der Waals surface area contributed by atoms with Crippen LogP contribution in [0.3, 0.4) is 0 Å². The number of hydrogen-bond acceptors (Lipinski definition) is 5. The molecule has 1 aromatic carbocycles. The first kappa shape index (κ1) is 30.8. The number of amides is 1. The molecule has 1 aliphatic heterocycles. The van der Waals surface area contributed by atoms with E-state index < -0.39 is 0 Å². The number of carbonyl (C=O) groups is 1. The van der Waals surface area contributed by atoms with Gasteiger partial charge in [-0.2, -0.15) is 0 Å². The highest BCUT2D eigenvalue weighted by molar-refractivity contribution is 5.96. The Morgan fingerprint density at radius 3 is 2.67 bits per heavy atom. The molecule has 0 bridgehead atoms. The average Bonchev–Trinajstić information content (AvgIpc) is 3.31. The van der Waals surface area contributed by atoms with Crippen molar-refractivity contribution in [2.45, 2.75) is 116 Å². The number of fused-ring (bicyclic) bond motifs is 5. The molecule has 6 nitrogen and oxygen atoms in total. The summed E-state index contributed by atoms with van der Waals surface area (Å²) in [5.74, 6) is 2.46. The zero-order chi connectivity index (χ0) is 30.2.